The highest BCUT2D eigenvalue weighted by atomic mass is 79.9. The first-order valence-corrected chi connectivity index (χ1v) is 10.3. The Kier molecular flexibility index (Phi) is 8.50. The lowest BCUT2D eigenvalue weighted by Gasteiger charge is -2.14. The fourth-order valence-corrected chi connectivity index (χ4v) is 4.65. The second kappa shape index (κ2) is 10.1. The Bertz CT molecular complexity index is 631. The zero-order valence-electron chi connectivity index (χ0n) is 12.8. The molecule has 0 saturated heterocycles. The molecule has 0 aromatic heterocycles. The van der Waals surface area contributed by atoms with Crippen molar-refractivity contribution in [2.45, 2.75) is 0 Å². The lowest BCUT2D eigenvalue weighted by molar-refractivity contribution is 0.199. The van der Waals surface area contributed by atoms with Gasteiger partial charge in [-0.15, -0.1) is 0 Å². The van der Waals surface area contributed by atoms with Crippen LogP contribution in [0, 0.1) is 0 Å². The molecule has 0 aliphatic rings. The summed E-state index contributed by atoms with van der Waals surface area (Å²) < 4.78 is 19.6. The fraction of sp³-hybridized carbons (Fsp3) is 0.250. The maximum absolute atomic E-state index is 8.87. The molecule has 0 radical (unpaired) electrons. The predicted octanol–water partition coefficient (Wildman–Crippen LogP) is 5.27. The van der Waals surface area contributed by atoms with Crippen molar-refractivity contribution in [1.29, 1.82) is 0 Å². The molecule has 0 unspecified atom stereocenters. The van der Waals surface area contributed by atoms with Crippen LogP contribution in [-0.2, 0) is 0 Å². The largest absolute Gasteiger partial charge is 0.489 e. The number of rotatable bonds is 8. The highest BCUT2D eigenvalue weighted by Crippen LogP contribution is 2.41. The summed E-state index contributed by atoms with van der Waals surface area (Å²) in [6.07, 6.45) is 0. The van der Waals surface area contributed by atoms with E-state index in [1.54, 1.807) is 24.3 Å². The van der Waals surface area contributed by atoms with Crippen LogP contribution < -0.4 is 14.2 Å². The molecule has 0 atom stereocenters. The average Bonchev–Trinajstić information content (AvgIpc) is 2.53. The minimum absolute atomic E-state index is 0.0656. The molecule has 2 N–H and O–H groups in total. The van der Waals surface area contributed by atoms with E-state index in [0.717, 1.165) is 0 Å². The summed E-state index contributed by atoms with van der Waals surface area (Å²) in [5, 5.41) is 17.7. The first-order chi connectivity index (χ1) is 12.0. The summed E-state index contributed by atoms with van der Waals surface area (Å²) in [5.41, 5.74) is 0. The van der Waals surface area contributed by atoms with Crippen molar-refractivity contribution in [3.63, 3.8) is 0 Å². The van der Waals surface area contributed by atoms with Gasteiger partial charge in [-0.3, -0.25) is 0 Å². The summed E-state index contributed by atoms with van der Waals surface area (Å²) in [7, 11) is 0. The van der Waals surface area contributed by atoms with Crippen molar-refractivity contribution in [3.8, 4) is 23.0 Å². The molecule has 0 bridgehead atoms. The standard InChI is InChI=1S/C16H14Br4O5/c17-11-5-9(6-12(18)15(11)23-3-1-21)25-10-7-13(19)16(14(20)8-10)24-4-2-22/h5-8,21-22H,1-4H2. The molecular formula is C16H14Br4O5. The Morgan fingerprint density at radius 2 is 0.960 bits per heavy atom. The molecule has 0 saturated carbocycles. The van der Waals surface area contributed by atoms with E-state index in [0.29, 0.717) is 40.9 Å². The number of aliphatic hydroxyl groups excluding tert-OH is 2. The van der Waals surface area contributed by atoms with Crippen LogP contribution in [0.4, 0.5) is 0 Å². The van der Waals surface area contributed by atoms with Crippen LogP contribution in [-0.4, -0.2) is 36.6 Å². The summed E-state index contributed by atoms with van der Waals surface area (Å²) >= 11 is 13.7. The molecule has 2 aromatic carbocycles. The number of halogens is 4. The molecular weight excluding hydrogens is 592 g/mol. The third kappa shape index (κ3) is 5.83. The SMILES string of the molecule is OCCOc1c(Br)cc(Oc2cc(Br)c(OCCO)c(Br)c2)cc1Br. The van der Waals surface area contributed by atoms with E-state index in [4.69, 9.17) is 24.4 Å². The fourth-order valence-electron chi connectivity index (χ4n) is 1.90. The van der Waals surface area contributed by atoms with E-state index >= 15 is 0 Å². The average molecular weight is 606 g/mol. The van der Waals surface area contributed by atoms with Crippen molar-refractivity contribution in [1.82, 2.24) is 0 Å². The molecule has 5 nitrogen and oxygen atoms in total. The second-order valence-corrected chi connectivity index (χ2v) is 8.10. The van der Waals surface area contributed by atoms with E-state index in [1.165, 1.54) is 0 Å². The quantitative estimate of drug-likeness (QED) is 0.429. The zero-order chi connectivity index (χ0) is 18.4. The molecule has 0 spiro atoms. The minimum Gasteiger partial charge on any atom is -0.489 e. The van der Waals surface area contributed by atoms with Crippen LogP contribution in [0.15, 0.2) is 42.2 Å². The first kappa shape index (κ1) is 21.0. The van der Waals surface area contributed by atoms with Crippen molar-refractivity contribution in [3.05, 3.63) is 42.2 Å². The van der Waals surface area contributed by atoms with Crippen molar-refractivity contribution < 1.29 is 24.4 Å². The monoisotopic (exact) mass is 602 g/mol. The van der Waals surface area contributed by atoms with E-state index in [2.05, 4.69) is 63.7 Å². The normalized spacial score (nSPS) is 10.6. The zero-order valence-corrected chi connectivity index (χ0v) is 19.1. The lowest BCUT2D eigenvalue weighted by Crippen LogP contribution is -2.03. The van der Waals surface area contributed by atoms with Gasteiger partial charge in [0, 0.05) is 0 Å². The van der Waals surface area contributed by atoms with Crippen molar-refractivity contribution in [2.75, 3.05) is 26.4 Å². The van der Waals surface area contributed by atoms with Gasteiger partial charge in [0.1, 0.15) is 36.2 Å². The first-order valence-electron chi connectivity index (χ1n) is 7.09. The molecule has 0 fully saturated rings. The Balaban J connectivity index is 2.22. The smallest absolute Gasteiger partial charge is 0.148 e. The summed E-state index contributed by atoms with van der Waals surface area (Å²) in [6, 6.07) is 7.09. The molecule has 25 heavy (non-hydrogen) atoms. The van der Waals surface area contributed by atoms with Gasteiger partial charge < -0.3 is 24.4 Å². The topological polar surface area (TPSA) is 68.2 Å². The minimum atomic E-state index is -0.0656. The van der Waals surface area contributed by atoms with Gasteiger partial charge >= 0.3 is 0 Å². The van der Waals surface area contributed by atoms with Gasteiger partial charge in [0.25, 0.3) is 0 Å². The molecule has 0 amide bonds. The molecule has 2 rings (SSSR count). The molecule has 2 aromatic rings. The molecule has 9 heteroatoms. The van der Waals surface area contributed by atoms with E-state index in [1.807, 2.05) is 0 Å². The predicted molar refractivity (Wildman–Crippen MR) is 109 cm³/mol. The van der Waals surface area contributed by atoms with E-state index in [-0.39, 0.29) is 26.4 Å². The molecule has 136 valence electrons. The van der Waals surface area contributed by atoms with Crippen molar-refractivity contribution in [2.24, 2.45) is 0 Å². The van der Waals surface area contributed by atoms with Gasteiger partial charge in [-0.05, 0) is 88.0 Å². The lowest BCUT2D eigenvalue weighted by atomic mass is 10.3. The van der Waals surface area contributed by atoms with Gasteiger partial charge in [0.05, 0.1) is 31.1 Å². The Labute approximate surface area is 178 Å². The summed E-state index contributed by atoms with van der Waals surface area (Å²) in [6.45, 7) is 0.271. The Hall–Kier alpha value is -0.320. The molecule has 0 heterocycles. The summed E-state index contributed by atoms with van der Waals surface area (Å²) in [5.74, 6) is 2.38. The van der Waals surface area contributed by atoms with Gasteiger partial charge in [-0.2, -0.15) is 0 Å². The van der Waals surface area contributed by atoms with Crippen molar-refractivity contribution >= 4 is 63.7 Å². The van der Waals surface area contributed by atoms with Gasteiger partial charge in [0.2, 0.25) is 0 Å². The van der Waals surface area contributed by atoms with Crippen LogP contribution in [0.25, 0.3) is 0 Å². The number of hydrogen-bond acceptors (Lipinski definition) is 5. The van der Waals surface area contributed by atoms with Crippen LogP contribution >= 0.6 is 63.7 Å². The third-order valence-electron chi connectivity index (χ3n) is 2.85. The van der Waals surface area contributed by atoms with E-state index < -0.39 is 0 Å². The molecule has 0 aliphatic heterocycles. The highest BCUT2D eigenvalue weighted by molar-refractivity contribution is 9.11. The van der Waals surface area contributed by atoms with E-state index in [9.17, 15) is 0 Å². The van der Waals surface area contributed by atoms with Gasteiger partial charge in [-0.25, -0.2) is 0 Å². The Morgan fingerprint density at radius 1 is 0.640 bits per heavy atom. The number of hydrogen-bond donors (Lipinski definition) is 2. The highest BCUT2D eigenvalue weighted by Gasteiger charge is 2.13. The number of ether oxygens (including phenoxy) is 3. The third-order valence-corrected chi connectivity index (χ3v) is 5.21. The van der Waals surface area contributed by atoms with Crippen LogP contribution in [0.3, 0.4) is 0 Å². The second-order valence-electron chi connectivity index (χ2n) is 4.68. The number of aliphatic hydroxyl groups is 2. The maximum atomic E-state index is 8.87. The maximum Gasteiger partial charge on any atom is 0.148 e. The molecule has 0 aliphatic carbocycles. The Morgan fingerprint density at radius 3 is 1.24 bits per heavy atom. The van der Waals surface area contributed by atoms with Gasteiger partial charge in [0.15, 0.2) is 0 Å². The summed E-state index contributed by atoms with van der Waals surface area (Å²) in [4.78, 5) is 0. The van der Waals surface area contributed by atoms with Crippen LogP contribution in [0.1, 0.15) is 0 Å². The van der Waals surface area contributed by atoms with Crippen LogP contribution in [0.2, 0.25) is 0 Å². The van der Waals surface area contributed by atoms with Crippen LogP contribution in [0.5, 0.6) is 23.0 Å². The number of benzene rings is 2. The van der Waals surface area contributed by atoms with Gasteiger partial charge in [-0.1, -0.05) is 0 Å².